The molecule has 200 valence electrons. The van der Waals surface area contributed by atoms with Crippen LogP contribution in [-0.4, -0.2) is 51.9 Å². The van der Waals surface area contributed by atoms with E-state index in [1.165, 1.54) is 21.3 Å². The van der Waals surface area contributed by atoms with Gasteiger partial charge in [0.25, 0.3) is 0 Å². The van der Waals surface area contributed by atoms with Gasteiger partial charge in [0.1, 0.15) is 5.60 Å². The van der Waals surface area contributed by atoms with Gasteiger partial charge in [-0.25, -0.2) is 4.79 Å². The zero-order chi connectivity index (χ0) is 27.1. The molecule has 9 heteroatoms. The molecular weight excluding hydrogens is 480 g/mol. The van der Waals surface area contributed by atoms with E-state index < -0.39 is 17.7 Å². The van der Waals surface area contributed by atoms with E-state index in [-0.39, 0.29) is 12.7 Å². The molecule has 3 atom stereocenters. The Morgan fingerprint density at radius 3 is 2.30 bits per heavy atom. The van der Waals surface area contributed by atoms with Crippen LogP contribution in [0.1, 0.15) is 44.9 Å². The molecule has 0 aromatic heterocycles. The lowest BCUT2D eigenvalue weighted by Gasteiger charge is -2.41. The molecule has 1 aliphatic heterocycles. The molecule has 2 aromatic carbocycles. The van der Waals surface area contributed by atoms with Gasteiger partial charge in [0.15, 0.2) is 29.1 Å². The van der Waals surface area contributed by atoms with Crippen LogP contribution in [0.3, 0.4) is 0 Å². The Kier molecular flexibility index (Phi) is 7.19. The third kappa shape index (κ3) is 4.21. The average molecular weight is 515 g/mol. The summed E-state index contributed by atoms with van der Waals surface area (Å²) in [6, 6.07) is 3.60. The van der Waals surface area contributed by atoms with Gasteiger partial charge in [0.05, 0.1) is 28.4 Å². The van der Waals surface area contributed by atoms with Crippen molar-refractivity contribution in [2.75, 3.05) is 35.2 Å². The van der Waals surface area contributed by atoms with E-state index in [4.69, 9.17) is 33.2 Å². The third-order valence-electron chi connectivity index (χ3n) is 7.33. The van der Waals surface area contributed by atoms with Crippen LogP contribution in [0.15, 0.2) is 23.8 Å². The quantitative estimate of drug-likeness (QED) is 0.437. The number of ether oxygens (including phenoxy) is 7. The molecule has 37 heavy (non-hydrogen) atoms. The predicted octanol–water partition coefficient (Wildman–Crippen LogP) is 4.61. The maximum absolute atomic E-state index is 13.0. The number of rotatable bonds is 6. The van der Waals surface area contributed by atoms with Crippen LogP contribution in [-0.2, 0) is 16.0 Å². The molecule has 0 saturated heterocycles. The van der Waals surface area contributed by atoms with Gasteiger partial charge in [-0.05, 0) is 50.8 Å². The van der Waals surface area contributed by atoms with E-state index >= 15 is 0 Å². The highest BCUT2D eigenvalue weighted by molar-refractivity contribution is 5.90. The molecule has 2 aliphatic rings. The summed E-state index contributed by atoms with van der Waals surface area (Å²) in [5, 5.41) is 12.0. The van der Waals surface area contributed by atoms with Gasteiger partial charge in [0.2, 0.25) is 18.3 Å². The van der Waals surface area contributed by atoms with Crippen molar-refractivity contribution >= 4 is 5.97 Å². The summed E-state index contributed by atoms with van der Waals surface area (Å²) in [4.78, 5) is 13.0. The second-order valence-electron chi connectivity index (χ2n) is 9.38. The highest BCUT2D eigenvalue weighted by Gasteiger charge is 2.47. The first-order valence-corrected chi connectivity index (χ1v) is 12.0. The molecule has 9 nitrogen and oxygen atoms in total. The van der Waals surface area contributed by atoms with Crippen LogP contribution in [0, 0.1) is 5.92 Å². The van der Waals surface area contributed by atoms with E-state index in [9.17, 15) is 9.90 Å². The number of hydrogen-bond acceptors (Lipinski definition) is 9. The second-order valence-corrected chi connectivity index (χ2v) is 9.38. The molecule has 0 amide bonds. The molecule has 1 aliphatic carbocycles. The highest BCUT2D eigenvalue weighted by Crippen LogP contribution is 2.59. The smallest absolute Gasteiger partial charge is 0.334 e. The molecule has 4 rings (SSSR count). The maximum Gasteiger partial charge on any atom is 0.334 e. The molecule has 0 saturated carbocycles. The van der Waals surface area contributed by atoms with Gasteiger partial charge in [-0.3, -0.25) is 0 Å². The molecule has 0 unspecified atom stereocenters. The normalized spacial score (nSPS) is 22.2. The van der Waals surface area contributed by atoms with Crippen molar-refractivity contribution in [3.05, 3.63) is 34.9 Å². The van der Waals surface area contributed by atoms with Crippen LogP contribution in [0.5, 0.6) is 34.5 Å². The lowest BCUT2D eigenvalue weighted by atomic mass is 9.73. The molecule has 1 heterocycles. The summed E-state index contributed by atoms with van der Waals surface area (Å²) >= 11 is 0. The fourth-order valence-corrected chi connectivity index (χ4v) is 4.94. The Labute approximate surface area is 216 Å². The number of esters is 1. The van der Waals surface area contributed by atoms with Crippen molar-refractivity contribution in [2.45, 2.75) is 45.8 Å². The Morgan fingerprint density at radius 2 is 1.70 bits per heavy atom. The molecule has 0 radical (unpaired) electrons. The molecule has 0 spiro atoms. The Bertz CT molecular complexity index is 1250. The molecule has 1 N–H and O–H groups in total. The van der Waals surface area contributed by atoms with Gasteiger partial charge in [-0.1, -0.05) is 13.0 Å². The van der Waals surface area contributed by atoms with Crippen molar-refractivity contribution in [1.82, 2.24) is 0 Å². The largest absolute Gasteiger partial charge is 0.493 e. The second kappa shape index (κ2) is 10.0. The SMILES string of the molecule is C/C=C(\C)C(=O)O[C@@H]1c2cc(OC)c(OC)c(OC)c2-c2c(cc3c(c2OC)OCO3)C[C@H](C)[C@@]1(C)O. The van der Waals surface area contributed by atoms with Crippen molar-refractivity contribution < 1.29 is 43.1 Å². The fourth-order valence-electron chi connectivity index (χ4n) is 4.94. The molecular formula is C28H34O9. The van der Waals surface area contributed by atoms with E-state index in [2.05, 4.69) is 0 Å². The summed E-state index contributed by atoms with van der Waals surface area (Å²) < 4.78 is 40.6. The van der Waals surface area contributed by atoms with E-state index in [1.54, 1.807) is 40.0 Å². The summed E-state index contributed by atoms with van der Waals surface area (Å²) in [6.07, 6.45) is 0.998. The van der Waals surface area contributed by atoms with Gasteiger partial charge in [0, 0.05) is 22.3 Å². The zero-order valence-electron chi connectivity index (χ0n) is 22.5. The van der Waals surface area contributed by atoms with Crippen LogP contribution in [0.4, 0.5) is 0 Å². The number of aliphatic hydroxyl groups is 1. The zero-order valence-corrected chi connectivity index (χ0v) is 22.5. The summed E-state index contributed by atoms with van der Waals surface area (Å²) in [5.74, 6) is 1.60. The topological polar surface area (TPSA) is 102 Å². The lowest BCUT2D eigenvalue weighted by Crippen LogP contribution is -2.44. The first-order chi connectivity index (χ1) is 17.6. The number of hydrogen-bond donors (Lipinski definition) is 1. The monoisotopic (exact) mass is 514 g/mol. The summed E-state index contributed by atoms with van der Waals surface area (Å²) in [5.41, 5.74) is 1.46. The van der Waals surface area contributed by atoms with Crippen molar-refractivity contribution in [2.24, 2.45) is 5.92 Å². The number of carbonyl (C=O) groups is 1. The Balaban J connectivity index is 2.17. The molecule has 0 fully saturated rings. The van der Waals surface area contributed by atoms with Crippen molar-refractivity contribution in [1.29, 1.82) is 0 Å². The van der Waals surface area contributed by atoms with E-state index in [0.717, 1.165) is 5.56 Å². The summed E-state index contributed by atoms with van der Waals surface area (Å²) in [7, 11) is 6.08. The molecule has 0 bridgehead atoms. The maximum atomic E-state index is 13.0. The average Bonchev–Trinajstić information content (AvgIpc) is 3.36. The van der Waals surface area contributed by atoms with Crippen LogP contribution in [0.2, 0.25) is 0 Å². The number of methoxy groups -OCH3 is 4. The molecule has 2 aromatic rings. The van der Waals surface area contributed by atoms with Crippen molar-refractivity contribution in [3.63, 3.8) is 0 Å². The first kappa shape index (κ1) is 26.5. The van der Waals surface area contributed by atoms with Gasteiger partial charge >= 0.3 is 5.97 Å². The van der Waals surface area contributed by atoms with E-state index in [0.29, 0.717) is 63.2 Å². The van der Waals surface area contributed by atoms with Crippen LogP contribution >= 0.6 is 0 Å². The van der Waals surface area contributed by atoms with Gasteiger partial charge in [-0.15, -0.1) is 0 Å². The van der Waals surface area contributed by atoms with Crippen LogP contribution in [0.25, 0.3) is 11.1 Å². The van der Waals surface area contributed by atoms with Crippen molar-refractivity contribution in [3.8, 4) is 45.6 Å². The number of allylic oxidation sites excluding steroid dienone is 1. The Hall–Kier alpha value is -3.59. The number of fused-ring (bicyclic) bond motifs is 4. The highest BCUT2D eigenvalue weighted by atomic mass is 16.7. The number of carbonyl (C=O) groups excluding carboxylic acids is 1. The minimum absolute atomic E-state index is 0.0562. The van der Waals surface area contributed by atoms with E-state index in [1.807, 2.05) is 13.0 Å². The minimum Gasteiger partial charge on any atom is -0.493 e. The minimum atomic E-state index is -1.48. The van der Waals surface area contributed by atoms with Crippen LogP contribution < -0.4 is 28.4 Å². The Morgan fingerprint density at radius 1 is 1.03 bits per heavy atom. The standard InChI is InChI=1S/C28H34O9/c1-9-14(2)27(29)37-26-17-12-18(31-5)22(32-6)25(34-8)21(17)20-16(10-15(3)28(26,4)30)11-19-23(24(20)33-7)36-13-35-19/h9,11-12,15,26,30H,10,13H2,1-8H3/b14-9+/t15-,26+,28+/m0/s1. The number of benzene rings is 2. The van der Waals surface area contributed by atoms with Gasteiger partial charge in [-0.2, -0.15) is 0 Å². The fraction of sp³-hybridized carbons (Fsp3) is 0.464. The first-order valence-electron chi connectivity index (χ1n) is 12.0. The lowest BCUT2D eigenvalue weighted by molar-refractivity contribution is -0.166. The predicted molar refractivity (Wildman–Crippen MR) is 136 cm³/mol. The summed E-state index contributed by atoms with van der Waals surface area (Å²) in [6.45, 7) is 7.05. The third-order valence-corrected chi connectivity index (χ3v) is 7.33. The van der Waals surface area contributed by atoms with Gasteiger partial charge < -0.3 is 38.3 Å².